The van der Waals surface area contributed by atoms with Crippen LogP contribution in [-0.2, 0) is 6.54 Å². The van der Waals surface area contributed by atoms with Crippen molar-refractivity contribution in [2.75, 3.05) is 6.54 Å². The van der Waals surface area contributed by atoms with Gasteiger partial charge in [-0.15, -0.1) is 5.10 Å². The first-order valence-corrected chi connectivity index (χ1v) is 6.39. The summed E-state index contributed by atoms with van der Waals surface area (Å²) < 4.78 is 0. The van der Waals surface area contributed by atoms with Crippen molar-refractivity contribution in [3.63, 3.8) is 0 Å². The average Bonchev–Trinajstić information content (AvgIpc) is 3.11. The van der Waals surface area contributed by atoms with E-state index in [1.807, 2.05) is 12.1 Å². The van der Waals surface area contributed by atoms with E-state index in [4.69, 9.17) is 11.6 Å². The minimum atomic E-state index is 0.468. The van der Waals surface area contributed by atoms with Crippen LogP contribution in [0.25, 0.3) is 0 Å². The summed E-state index contributed by atoms with van der Waals surface area (Å²) in [5.74, 6) is 0. The predicted molar refractivity (Wildman–Crippen MR) is 65.4 cm³/mol. The van der Waals surface area contributed by atoms with Crippen LogP contribution in [0.1, 0.15) is 38.3 Å². The third kappa shape index (κ3) is 3.42. The van der Waals surface area contributed by atoms with E-state index in [2.05, 4.69) is 22.0 Å². The molecule has 0 N–H and O–H groups in total. The third-order valence-electron chi connectivity index (χ3n) is 2.91. The van der Waals surface area contributed by atoms with Crippen molar-refractivity contribution >= 4 is 11.6 Å². The zero-order chi connectivity index (χ0) is 11.4. The second-order valence-electron chi connectivity index (χ2n) is 4.40. The molecule has 0 amide bonds. The maximum atomic E-state index is 5.72. The van der Waals surface area contributed by atoms with Gasteiger partial charge in [0.05, 0.1) is 5.69 Å². The van der Waals surface area contributed by atoms with Crippen LogP contribution in [0.2, 0.25) is 5.15 Å². The summed E-state index contributed by atoms with van der Waals surface area (Å²) in [7, 11) is 0. The highest BCUT2D eigenvalue weighted by Gasteiger charge is 2.28. The van der Waals surface area contributed by atoms with Crippen LogP contribution >= 0.6 is 11.6 Å². The number of aromatic nitrogens is 2. The van der Waals surface area contributed by atoms with E-state index in [0.29, 0.717) is 5.15 Å². The SMILES string of the molecule is CCCCN(Cc1ccc(Cl)nn1)C1CC1. The maximum absolute atomic E-state index is 5.72. The maximum Gasteiger partial charge on any atom is 0.151 e. The molecule has 0 atom stereocenters. The molecule has 3 nitrogen and oxygen atoms in total. The van der Waals surface area contributed by atoms with Gasteiger partial charge in [0.25, 0.3) is 0 Å². The topological polar surface area (TPSA) is 29.0 Å². The van der Waals surface area contributed by atoms with Gasteiger partial charge in [-0.05, 0) is 37.9 Å². The van der Waals surface area contributed by atoms with Crippen molar-refractivity contribution in [3.8, 4) is 0 Å². The highest BCUT2D eigenvalue weighted by atomic mass is 35.5. The van der Waals surface area contributed by atoms with Crippen LogP contribution in [-0.4, -0.2) is 27.7 Å². The third-order valence-corrected chi connectivity index (χ3v) is 3.12. The summed E-state index contributed by atoms with van der Waals surface area (Å²) in [6.45, 7) is 4.31. The molecule has 1 aromatic heterocycles. The molecule has 1 saturated carbocycles. The molecule has 1 aliphatic rings. The van der Waals surface area contributed by atoms with E-state index < -0.39 is 0 Å². The van der Waals surface area contributed by atoms with E-state index in [9.17, 15) is 0 Å². The van der Waals surface area contributed by atoms with Crippen molar-refractivity contribution in [3.05, 3.63) is 23.0 Å². The van der Waals surface area contributed by atoms with Gasteiger partial charge in [0.15, 0.2) is 5.15 Å². The van der Waals surface area contributed by atoms with Gasteiger partial charge in [-0.2, -0.15) is 5.10 Å². The number of hydrogen-bond acceptors (Lipinski definition) is 3. The Kier molecular flexibility index (Phi) is 4.13. The lowest BCUT2D eigenvalue weighted by Gasteiger charge is -2.20. The fraction of sp³-hybridized carbons (Fsp3) is 0.667. The number of unbranched alkanes of at least 4 members (excludes halogenated alkanes) is 1. The predicted octanol–water partition coefficient (Wildman–Crippen LogP) is 2.89. The van der Waals surface area contributed by atoms with E-state index in [1.54, 1.807) is 0 Å². The summed E-state index contributed by atoms with van der Waals surface area (Å²) in [5.41, 5.74) is 1.02. The molecule has 1 aliphatic carbocycles. The second-order valence-corrected chi connectivity index (χ2v) is 4.79. The van der Waals surface area contributed by atoms with Crippen LogP contribution in [0.15, 0.2) is 12.1 Å². The standard InChI is InChI=1S/C12H18ClN3/c1-2-3-8-16(11-5-6-11)9-10-4-7-12(13)15-14-10/h4,7,11H,2-3,5-6,8-9H2,1H3. The molecule has 1 heterocycles. The Balaban J connectivity index is 1.91. The van der Waals surface area contributed by atoms with Gasteiger partial charge in [0.2, 0.25) is 0 Å². The second kappa shape index (κ2) is 5.60. The van der Waals surface area contributed by atoms with Gasteiger partial charge in [-0.25, -0.2) is 0 Å². The molecule has 0 radical (unpaired) electrons. The molecule has 0 saturated heterocycles. The van der Waals surface area contributed by atoms with Crippen LogP contribution < -0.4 is 0 Å². The van der Waals surface area contributed by atoms with Crippen LogP contribution in [0.5, 0.6) is 0 Å². The van der Waals surface area contributed by atoms with Crippen LogP contribution in [0, 0.1) is 0 Å². The lowest BCUT2D eigenvalue weighted by Crippen LogP contribution is -2.27. The Morgan fingerprint density at radius 1 is 1.38 bits per heavy atom. The lowest BCUT2D eigenvalue weighted by atomic mass is 10.3. The summed E-state index contributed by atoms with van der Waals surface area (Å²) in [6, 6.07) is 4.56. The summed E-state index contributed by atoms with van der Waals surface area (Å²) in [4.78, 5) is 2.52. The molecule has 4 heteroatoms. The van der Waals surface area contributed by atoms with Gasteiger partial charge in [-0.3, -0.25) is 4.90 Å². The Hall–Kier alpha value is -0.670. The normalized spacial score (nSPS) is 15.7. The fourth-order valence-corrected chi connectivity index (χ4v) is 1.93. The molecule has 0 unspecified atom stereocenters. The van der Waals surface area contributed by atoms with Gasteiger partial charge in [0.1, 0.15) is 0 Å². The molecular formula is C12H18ClN3. The first-order chi connectivity index (χ1) is 7.79. The summed E-state index contributed by atoms with van der Waals surface area (Å²) in [5, 5.41) is 8.46. The molecule has 0 spiro atoms. The Morgan fingerprint density at radius 3 is 2.75 bits per heavy atom. The van der Waals surface area contributed by atoms with Crippen LogP contribution in [0.3, 0.4) is 0 Å². The number of rotatable bonds is 6. The van der Waals surface area contributed by atoms with Crippen molar-refractivity contribution in [1.29, 1.82) is 0 Å². The molecular weight excluding hydrogens is 222 g/mol. The summed E-state index contributed by atoms with van der Waals surface area (Å²) in [6.07, 6.45) is 5.18. The van der Waals surface area contributed by atoms with Gasteiger partial charge >= 0.3 is 0 Å². The molecule has 0 bridgehead atoms. The molecule has 2 rings (SSSR count). The molecule has 0 aromatic carbocycles. The number of hydrogen-bond donors (Lipinski definition) is 0. The highest BCUT2D eigenvalue weighted by Crippen LogP contribution is 2.28. The zero-order valence-electron chi connectivity index (χ0n) is 9.69. The minimum Gasteiger partial charge on any atom is -0.294 e. The van der Waals surface area contributed by atoms with Crippen molar-refractivity contribution in [1.82, 2.24) is 15.1 Å². The molecule has 0 aliphatic heterocycles. The van der Waals surface area contributed by atoms with Crippen LogP contribution in [0.4, 0.5) is 0 Å². The fourth-order valence-electron chi connectivity index (χ4n) is 1.83. The van der Waals surface area contributed by atoms with Gasteiger partial charge in [-0.1, -0.05) is 24.9 Å². The first-order valence-electron chi connectivity index (χ1n) is 6.01. The summed E-state index contributed by atoms with van der Waals surface area (Å²) >= 11 is 5.72. The Morgan fingerprint density at radius 2 is 2.19 bits per heavy atom. The Bertz CT molecular complexity index is 322. The first kappa shape index (κ1) is 11.8. The molecule has 1 fully saturated rings. The minimum absolute atomic E-state index is 0.468. The zero-order valence-corrected chi connectivity index (χ0v) is 10.5. The highest BCUT2D eigenvalue weighted by molar-refractivity contribution is 6.29. The smallest absolute Gasteiger partial charge is 0.151 e. The van der Waals surface area contributed by atoms with E-state index >= 15 is 0 Å². The lowest BCUT2D eigenvalue weighted by molar-refractivity contribution is 0.247. The molecule has 1 aromatic rings. The van der Waals surface area contributed by atoms with Crippen molar-refractivity contribution in [2.45, 2.75) is 45.2 Å². The largest absolute Gasteiger partial charge is 0.294 e. The monoisotopic (exact) mass is 239 g/mol. The quantitative estimate of drug-likeness (QED) is 0.765. The van der Waals surface area contributed by atoms with E-state index in [1.165, 1.54) is 32.2 Å². The number of nitrogens with zero attached hydrogens (tertiary/aromatic N) is 3. The number of halogens is 1. The van der Waals surface area contributed by atoms with E-state index in [0.717, 1.165) is 18.3 Å². The van der Waals surface area contributed by atoms with Gasteiger partial charge < -0.3 is 0 Å². The van der Waals surface area contributed by atoms with E-state index in [-0.39, 0.29) is 0 Å². The van der Waals surface area contributed by atoms with Crippen molar-refractivity contribution < 1.29 is 0 Å². The van der Waals surface area contributed by atoms with Crippen molar-refractivity contribution in [2.24, 2.45) is 0 Å². The average molecular weight is 240 g/mol. The molecule has 88 valence electrons. The molecule has 16 heavy (non-hydrogen) atoms. The van der Waals surface area contributed by atoms with Gasteiger partial charge in [0, 0.05) is 12.6 Å². The Labute approximate surface area is 102 Å².